The maximum absolute atomic E-state index is 12.4. The van der Waals surface area contributed by atoms with Gasteiger partial charge in [-0.25, -0.2) is 0 Å². The minimum atomic E-state index is -0.130. The average Bonchev–Trinajstić information content (AvgIpc) is 3.13. The van der Waals surface area contributed by atoms with Crippen molar-refractivity contribution in [2.45, 2.75) is 25.8 Å². The second-order valence-corrected chi connectivity index (χ2v) is 6.81. The number of hydrogen-bond donors (Lipinski definition) is 2. The second-order valence-electron chi connectivity index (χ2n) is 6.81. The summed E-state index contributed by atoms with van der Waals surface area (Å²) in [5.41, 5.74) is 6.66. The molecule has 1 aliphatic rings. The van der Waals surface area contributed by atoms with Crippen molar-refractivity contribution in [2.24, 2.45) is 17.6 Å². The first-order valence-electron chi connectivity index (χ1n) is 8.94. The van der Waals surface area contributed by atoms with Crippen molar-refractivity contribution < 1.29 is 19.1 Å². The van der Waals surface area contributed by atoms with E-state index in [0.717, 1.165) is 24.8 Å². The summed E-state index contributed by atoms with van der Waals surface area (Å²) < 4.78 is 10.9. The molecule has 1 aliphatic carbocycles. The van der Waals surface area contributed by atoms with Crippen LogP contribution in [0.1, 0.15) is 24.8 Å². The minimum absolute atomic E-state index is 0. The summed E-state index contributed by atoms with van der Waals surface area (Å²) in [6.07, 6.45) is 3.00. The van der Waals surface area contributed by atoms with Crippen LogP contribution in [0.15, 0.2) is 18.2 Å². The molecule has 1 aromatic rings. The number of nitrogens with zero attached hydrogens (tertiary/aromatic N) is 1. The van der Waals surface area contributed by atoms with Gasteiger partial charge in [-0.3, -0.25) is 9.59 Å². The molecule has 8 heteroatoms. The van der Waals surface area contributed by atoms with Crippen LogP contribution in [0, 0.1) is 11.8 Å². The van der Waals surface area contributed by atoms with E-state index in [1.54, 1.807) is 27.3 Å². The number of carbonyl (C=O) groups excluding carboxylic acids is 2. The van der Waals surface area contributed by atoms with Gasteiger partial charge in [0.25, 0.3) is 5.91 Å². The molecule has 0 unspecified atom stereocenters. The van der Waals surface area contributed by atoms with Gasteiger partial charge in [0.2, 0.25) is 5.91 Å². The molecule has 0 aromatic heterocycles. The first-order valence-corrected chi connectivity index (χ1v) is 8.94. The minimum Gasteiger partial charge on any atom is -0.493 e. The SMILES string of the molecule is COc1cc(CNC(=O)[C@@H]2CCC[C@@H]2CN)ccc1OCC(=O)N(C)C.Cl. The second kappa shape index (κ2) is 11.0. The van der Waals surface area contributed by atoms with Gasteiger partial charge in [0, 0.05) is 26.6 Å². The van der Waals surface area contributed by atoms with Crippen molar-refractivity contribution in [1.82, 2.24) is 10.2 Å². The molecular weight excluding hydrogens is 370 g/mol. The number of methoxy groups -OCH3 is 1. The predicted octanol–water partition coefficient (Wildman–Crippen LogP) is 1.58. The number of amides is 2. The number of halogens is 1. The van der Waals surface area contributed by atoms with Crippen molar-refractivity contribution >= 4 is 24.2 Å². The third-order valence-electron chi connectivity index (χ3n) is 4.84. The van der Waals surface area contributed by atoms with Crippen molar-refractivity contribution in [1.29, 1.82) is 0 Å². The number of nitrogens with one attached hydrogen (secondary N) is 1. The molecule has 0 spiro atoms. The quantitative estimate of drug-likeness (QED) is 0.692. The molecule has 0 saturated heterocycles. The highest BCUT2D eigenvalue weighted by molar-refractivity contribution is 5.85. The summed E-state index contributed by atoms with van der Waals surface area (Å²) in [5, 5.41) is 2.99. The molecule has 2 atom stereocenters. The van der Waals surface area contributed by atoms with Crippen LogP contribution in [0.3, 0.4) is 0 Å². The highest BCUT2D eigenvalue weighted by Crippen LogP contribution is 2.31. The first-order chi connectivity index (χ1) is 12.5. The lowest BCUT2D eigenvalue weighted by Crippen LogP contribution is -2.34. The Bertz CT molecular complexity index is 639. The number of nitrogens with two attached hydrogens (primary N) is 1. The van der Waals surface area contributed by atoms with E-state index in [-0.39, 0.29) is 42.7 Å². The summed E-state index contributed by atoms with van der Waals surface area (Å²) in [7, 11) is 4.89. The molecular formula is C19H30ClN3O4. The molecule has 2 amide bonds. The zero-order valence-corrected chi connectivity index (χ0v) is 17.0. The smallest absolute Gasteiger partial charge is 0.259 e. The number of likely N-dealkylation sites (N-methyl/N-ethyl adjacent to an activating group) is 1. The lowest BCUT2D eigenvalue weighted by molar-refractivity contribution is -0.130. The third-order valence-corrected chi connectivity index (χ3v) is 4.84. The highest BCUT2D eigenvalue weighted by atomic mass is 35.5. The Balaban J connectivity index is 0.00000364. The van der Waals surface area contributed by atoms with E-state index in [9.17, 15) is 9.59 Å². The van der Waals surface area contributed by atoms with Gasteiger partial charge in [0.15, 0.2) is 18.1 Å². The van der Waals surface area contributed by atoms with Crippen LogP contribution in [0.25, 0.3) is 0 Å². The fourth-order valence-electron chi connectivity index (χ4n) is 3.19. The van der Waals surface area contributed by atoms with Crippen LogP contribution < -0.4 is 20.5 Å². The van der Waals surface area contributed by atoms with Crippen molar-refractivity contribution in [3.8, 4) is 11.5 Å². The van der Waals surface area contributed by atoms with Crippen LogP contribution in [-0.2, 0) is 16.1 Å². The number of ether oxygens (including phenoxy) is 2. The van der Waals surface area contributed by atoms with E-state index in [4.69, 9.17) is 15.2 Å². The molecule has 1 saturated carbocycles. The Hall–Kier alpha value is -1.99. The monoisotopic (exact) mass is 399 g/mol. The van der Waals surface area contributed by atoms with E-state index >= 15 is 0 Å². The Morgan fingerprint density at radius 2 is 2.00 bits per heavy atom. The summed E-state index contributed by atoms with van der Waals surface area (Å²) in [6, 6.07) is 5.42. The maximum atomic E-state index is 12.4. The molecule has 1 aromatic carbocycles. The molecule has 7 nitrogen and oxygen atoms in total. The first kappa shape index (κ1) is 23.0. The third kappa shape index (κ3) is 6.29. The molecule has 27 heavy (non-hydrogen) atoms. The number of rotatable bonds is 8. The van der Waals surface area contributed by atoms with Gasteiger partial charge in [-0.05, 0) is 43.0 Å². The van der Waals surface area contributed by atoms with Crippen LogP contribution >= 0.6 is 12.4 Å². The fourth-order valence-corrected chi connectivity index (χ4v) is 3.19. The molecule has 152 valence electrons. The zero-order chi connectivity index (χ0) is 19.1. The predicted molar refractivity (Wildman–Crippen MR) is 106 cm³/mol. The van der Waals surface area contributed by atoms with Crippen molar-refractivity contribution in [2.75, 3.05) is 34.4 Å². The largest absolute Gasteiger partial charge is 0.493 e. The molecule has 0 aliphatic heterocycles. The van der Waals surface area contributed by atoms with Gasteiger partial charge >= 0.3 is 0 Å². The fraction of sp³-hybridized carbons (Fsp3) is 0.579. The van der Waals surface area contributed by atoms with Gasteiger partial charge in [0.05, 0.1) is 7.11 Å². The zero-order valence-electron chi connectivity index (χ0n) is 16.2. The highest BCUT2D eigenvalue weighted by Gasteiger charge is 2.31. The van der Waals surface area contributed by atoms with Crippen molar-refractivity contribution in [3.05, 3.63) is 23.8 Å². The Morgan fingerprint density at radius 3 is 2.63 bits per heavy atom. The van der Waals surface area contributed by atoms with Gasteiger partial charge in [-0.2, -0.15) is 0 Å². The van der Waals surface area contributed by atoms with Gasteiger partial charge in [0.1, 0.15) is 0 Å². The molecule has 2 rings (SSSR count). The van der Waals surface area contributed by atoms with Gasteiger partial charge in [-0.15, -0.1) is 12.4 Å². The summed E-state index contributed by atoms with van der Waals surface area (Å²) >= 11 is 0. The molecule has 1 fully saturated rings. The number of carbonyl (C=O) groups is 2. The Kier molecular flexibility index (Phi) is 9.38. The van der Waals surface area contributed by atoms with Gasteiger partial charge in [-0.1, -0.05) is 12.5 Å². The van der Waals surface area contributed by atoms with Gasteiger partial charge < -0.3 is 25.4 Å². The van der Waals surface area contributed by atoms with E-state index in [2.05, 4.69) is 5.32 Å². The summed E-state index contributed by atoms with van der Waals surface area (Å²) in [5.74, 6) is 1.26. The summed E-state index contributed by atoms with van der Waals surface area (Å²) in [4.78, 5) is 25.5. The normalized spacial score (nSPS) is 18.4. The topological polar surface area (TPSA) is 93.9 Å². The summed E-state index contributed by atoms with van der Waals surface area (Å²) in [6.45, 7) is 0.922. The standard InChI is InChI=1S/C19H29N3O4.ClH/c1-22(2)18(23)12-26-16-8-7-13(9-17(16)25-3)11-21-19(24)15-6-4-5-14(15)10-20;/h7-9,14-15H,4-6,10-12,20H2,1-3H3,(H,21,24);1H/t14-,15-;/m1./s1. The number of hydrogen-bond acceptors (Lipinski definition) is 5. The van der Waals surface area contributed by atoms with E-state index < -0.39 is 0 Å². The Labute approximate surface area is 167 Å². The van der Waals surface area contributed by atoms with Crippen LogP contribution in [-0.4, -0.2) is 51.1 Å². The van der Waals surface area contributed by atoms with E-state index in [0.29, 0.717) is 24.6 Å². The molecule has 0 bridgehead atoms. The number of benzene rings is 1. The maximum Gasteiger partial charge on any atom is 0.259 e. The Morgan fingerprint density at radius 1 is 1.26 bits per heavy atom. The van der Waals surface area contributed by atoms with Crippen LogP contribution in [0.4, 0.5) is 0 Å². The molecule has 0 heterocycles. The lowest BCUT2D eigenvalue weighted by atomic mass is 9.95. The molecule has 3 N–H and O–H groups in total. The van der Waals surface area contributed by atoms with E-state index in [1.807, 2.05) is 12.1 Å². The van der Waals surface area contributed by atoms with E-state index in [1.165, 1.54) is 4.90 Å². The average molecular weight is 400 g/mol. The van der Waals surface area contributed by atoms with Crippen LogP contribution in [0.5, 0.6) is 11.5 Å². The van der Waals surface area contributed by atoms with Crippen molar-refractivity contribution in [3.63, 3.8) is 0 Å². The molecule has 0 radical (unpaired) electrons. The van der Waals surface area contributed by atoms with Crippen LogP contribution in [0.2, 0.25) is 0 Å². The lowest BCUT2D eigenvalue weighted by Gasteiger charge is -2.18.